The summed E-state index contributed by atoms with van der Waals surface area (Å²) in [5.74, 6) is 5.12. The van der Waals surface area contributed by atoms with Gasteiger partial charge in [0.2, 0.25) is 0 Å². The maximum atomic E-state index is 13.1. The summed E-state index contributed by atoms with van der Waals surface area (Å²) < 4.78 is 79.8. The molecule has 8 rings (SSSR count). The van der Waals surface area contributed by atoms with Crippen LogP contribution in [0.4, 0.5) is 0 Å². The third-order valence-corrected chi connectivity index (χ3v) is 43.6. The van der Waals surface area contributed by atoms with E-state index in [1.54, 1.807) is 111 Å². The minimum atomic E-state index is -2.06. The number of carbonyl (C=O) groups excluding carboxylic acids is 10. The molecule has 4 aromatic rings. The van der Waals surface area contributed by atoms with Crippen LogP contribution in [0.5, 0.6) is 34.5 Å². The molecule has 4 fully saturated rings. The van der Waals surface area contributed by atoms with Gasteiger partial charge in [0.05, 0.1) is 88.7 Å². The van der Waals surface area contributed by atoms with E-state index in [9.17, 15) is 47.9 Å². The Morgan fingerprint density at radius 2 is 0.493 bits per heavy atom. The molecular weight excluding hydrogens is 1870 g/mol. The van der Waals surface area contributed by atoms with Crippen LogP contribution in [-0.2, 0) is 75.0 Å². The second kappa shape index (κ2) is 68.4. The van der Waals surface area contributed by atoms with Crippen molar-refractivity contribution < 1.29 is 113 Å². The summed E-state index contributed by atoms with van der Waals surface area (Å²) in [7, 11) is -7.95. The van der Waals surface area contributed by atoms with Gasteiger partial charge >= 0.3 is 59.7 Å². The monoisotopic (exact) mass is 2050 g/mol. The first-order valence-corrected chi connectivity index (χ1v) is 67.6. The first-order chi connectivity index (χ1) is 68.3. The maximum Gasteiger partial charge on any atom is 0.343 e. The second-order valence-corrected chi connectivity index (χ2v) is 60.4. The molecule has 0 atom stereocenters. The highest BCUT2D eigenvalue weighted by molar-refractivity contribution is 6.85. The largest absolute Gasteiger partial charge is 0.494 e. The average Bonchev–Trinajstić information content (AvgIpc) is 0.838. The van der Waals surface area contributed by atoms with Crippen molar-refractivity contribution in [1.82, 2.24) is 0 Å². The van der Waals surface area contributed by atoms with E-state index in [-0.39, 0.29) is 79.9 Å². The standard InChI is InChI=1S/C72H120O17Si4.C42H60O7/c1-11-13-18-27-58-30-32-59(33-31-58)60-34-36-61(37-35-60)71(78)86-64-42-44-65(45-43-64)87-72(79)62-38-40-63(41-39-62)80-48-21-16-14-15-17-22-49-82-69(76)46-47-70(77)85-53-26-57-93(9,10)89-92(7,8)56-25-52-84-68(75)29-20-19-28-67(74)83-51-24-55-91(5,6)88-90(3,4)54-23-50-81-66(73)12-2;1-3-5-10-13-32-14-16-33(17-15-32)34-18-20-35(21-19-34)41(44)48-38-26-28-39(29-27-38)49-42(45)36-22-24-37(25-23-36)46-30-11-8-6-7-9-12-31-47-40(43)4-2/h38-45,58-61H,11-37,46-57H2,1-10H3;22-29,32-35H,3-21,30-31H2,1-2H3. The number of unbranched alkanes of at least 4 members (excludes halogenated alkanes) is 15. The van der Waals surface area contributed by atoms with Crippen molar-refractivity contribution in [3.63, 3.8) is 0 Å². The zero-order chi connectivity index (χ0) is 103. The Morgan fingerprint density at radius 3 is 0.782 bits per heavy atom. The highest BCUT2D eigenvalue weighted by Gasteiger charge is 2.38. The number of rotatable bonds is 68. The van der Waals surface area contributed by atoms with Crippen LogP contribution in [0, 0.1) is 47.3 Å². The highest BCUT2D eigenvalue weighted by Crippen LogP contribution is 2.45. The quantitative estimate of drug-likeness (QED) is 0.0130. The first-order valence-electron chi connectivity index (χ1n) is 55.2. The summed E-state index contributed by atoms with van der Waals surface area (Å²) >= 11 is 0. The number of esters is 10. The maximum absolute atomic E-state index is 13.1. The molecule has 0 N–H and O–H groups in total. The molecular formula is C114H180O24Si4. The molecule has 0 bridgehead atoms. The lowest BCUT2D eigenvalue weighted by Crippen LogP contribution is -2.44. The Balaban J connectivity index is 0.000000466. The van der Waals surface area contributed by atoms with Crippen molar-refractivity contribution in [1.29, 1.82) is 0 Å². The molecule has 24 nitrogen and oxygen atoms in total. The number of benzene rings is 4. The van der Waals surface area contributed by atoms with Crippen LogP contribution in [0.1, 0.15) is 357 Å². The van der Waals surface area contributed by atoms with Crippen molar-refractivity contribution in [3.05, 3.63) is 108 Å². The molecule has 4 aliphatic carbocycles. The van der Waals surface area contributed by atoms with Gasteiger partial charge in [0.1, 0.15) is 34.5 Å². The highest BCUT2D eigenvalue weighted by atomic mass is 28.4. The summed E-state index contributed by atoms with van der Waals surface area (Å²) in [5.41, 5.74) is 0.833. The predicted octanol–water partition coefficient (Wildman–Crippen LogP) is 28.3. The molecule has 4 aliphatic rings. The Morgan fingerprint density at radius 1 is 0.246 bits per heavy atom. The molecule has 0 spiro atoms. The summed E-state index contributed by atoms with van der Waals surface area (Å²) in [5, 5.41) is 0. The molecule has 0 heterocycles. The molecule has 0 saturated heterocycles. The van der Waals surface area contributed by atoms with Gasteiger partial charge in [-0.15, -0.1) is 0 Å². The molecule has 796 valence electrons. The Hall–Kier alpha value is -8.03. The minimum Gasteiger partial charge on any atom is -0.494 e. The third kappa shape index (κ3) is 52.3. The van der Waals surface area contributed by atoms with Crippen LogP contribution in [0.15, 0.2) is 97.1 Å². The third-order valence-electron chi connectivity index (χ3n) is 28.6. The van der Waals surface area contributed by atoms with Gasteiger partial charge in [0.25, 0.3) is 0 Å². The van der Waals surface area contributed by atoms with E-state index in [0.717, 1.165) is 201 Å². The van der Waals surface area contributed by atoms with Crippen LogP contribution in [0.2, 0.25) is 76.6 Å². The van der Waals surface area contributed by atoms with E-state index in [4.69, 9.17) is 65.1 Å². The Labute approximate surface area is 856 Å². The van der Waals surface area contributed by atoms with Gasteiger partial charge < -0.3 is 65.1 Å². The number of ether oxygens (including phenoxy) is 12. The van der Waals surface area contributed by atoms with Crippen molar-refractivity contribution >= 4 is 93.0 Å². The first kappa shape index (κ1) is 121. The van der Waals surface area contributed by atoms with Gasteiger partial charge in [0.15, 0.2) is 33.3 Å². The van der Waals surface area contributed by atoms with Crippen molar-refractivity contribution in [2.45, 2.75) is 412 Å². The Kier molecular flexibility index (Phi) is 58.3. The lowest BCUT2D eigenvalue weighted by Gasteiger charge is -2.37. The molecule has 4 aromatic carbocycles. The molecule has 28 heteroatoms. The summed E-state index contributed by atoms with van der Waals surface area (Å²) in [6, 6.07) is 30.7. The molecule has 142 heavy (non-hydrogen) atoms. The van der Waals surface area contributed by atoms with E-state index in [1.165, 1.54) is 103 Å². The molecule has 0 aliphatic heterocycles. The fourth-order valence-electron chi connectivity index (χ4n) is 20.4. The van der Waals surface area contributed by atoms with E-state index in [2.05, 4.69) is 66.2 Å². The molecule has 0 aromatic heterocycles. The average molecular weight is 2050 g/mol. The number of hydrogen-bond donors (Lipinski definition) is 0. The van der Waals surface area contributed by atoms with Crippen LogP contribution < -0.4 is 28.4 Å². The van der Waals surface area contributed by atoms with Gasteiger partial charge in [-0.05, 0) is 350 Å². The summed E-state index contributed by atoms with van der Waals surface area (Å²) in [6.45, 7) is 29.1. The summed E-state index contributed by atoms with van der Waals surface area (Å²) in [6.07, 6.45) is 47.3. The van der Waals surface area contributed by atoms with Crippen LogP contribution in [0.3, 0.4) is 0 Å². The van der Waals surface area contributed by atoms with E-state index in [1.807, 2.05) is 0 Å². The van der Waals surface area contributed by atoms with Gasteiger partial charge in [-0.1, -0.05) is 156 Å². The van der Waals surface area contributed by atoms with Gasteiger partial charge in [0, 0.05) is 25.7 Å². The normalized spacial score (nSPS) is 18.3. The molecule has 0 unspecified atom stereocenters. The lowest BCUT2D eigenvalue weighted by atomic mass is 9.68. The molecule has 4 saturated carbocycles. The topological polar surface area (TPSA) is 300 Å². The fourth-order valence-corrected chi connectivity index (χ4v) is 38.0. The van der Waals surface area contributed by atoms with Crippen molar-refractivity contribution in [3.8, 4) is 34.5 Å². The van der Waals surface area contributed by atoms with Gasteiger partial charge in [-0.3, -0.25) is 38.4 Å². The Bertz CT molecular complexity index is 4240. The molecule has 0 amide bonds. The zero-order valence-corrected chi connectivity index (χ0v) is 93.1. The minimum absolute atomic E-state index is 0.0146. The van der Waals surface area contributed by atoms with Crippen LogP contribution in [-0.4, -0.2) is 146 Å². The van der Waals surface area contributed by atoms with E-state index < -0.39 is 57.1 Å². The van der Waals surface area contributed by atoms with Crippen LogP contribution >= 0.6 is 0 Å². The summed E-state index contributed by atoms with van der Waals surface area (Å²) in [4.78, 5) is 124. The van der Waals surface area contributed by atoms with E-state index in [0.29, 0.717) is 130 Å². The van der Waals surface area contributed by atoms with Crippen molar-refractivity contribution in [2.24, 2.45) is 47.3 Å². The van der Waals surface area contributed by atoms with Gasteiger partial charge in [-0.2, -0.15) is 0 Å². The van der Waals surface area contributed by atoms with Gasteiger partial charge in [-0.25, -0.2) is 9.59 Å². The van der Waals surface area contributed by atoms with E-state index >= 15 is 0 Å². The fraction of sp³-hybridized carbons (Fsp3) is 0.702. The number of carbonyl (C=O) groups is 10. The zero-order valence-electron chi connectivity index (χ0n) is 89.1. The second-order valence-electron chi connectivity index (χ2n) is 42.7. The van der Waals surface area contributed by atoms with Crippen molar-refractivity contribution in [2.75, 3.05) is 52.9 Å². The number of hydrogen-bond acceptors (Lipinski definition) is 24. The predicted molar refractivity (Wildman–Crippen MR) is 567 cm³/mol. The SMILES string of the molecule is CCCCCC1CCC(C2CCC(C(=O)Oc3ccc(OC(=O)c4ccc(OCCCCCCCCOC(=O)CC)cc4)cc3)CC2)CC1.CCCCCC1CCC(C2CCC(C(=O)Oc3ccc(OC(=O)c4ccc(OCCCCCCCCOC(=O)CCC(=O)OCCC[Si](C)(C)O[Si](C)(C)CCCOC(=O)CCCCC(=O)OCCC[Si](C)(C)O[Si](C)(C)CCCOC(=O)CC)cc4)cc3)CC2)CC1. The van der Waals surface area contributed by atoms with Crippen LogP contribution in [0.25, 0.3) is 0 Å². The molecule has 0 radical (unpaired) electrons. The lowest BCUT2D eigenvalue weighted by molar-refractivity contribution is -0.150. The smallest absolute Gasteiger partial charge is 0.343 e.